The molecule has 0 saturated carbocycles. The molecule has 10 aromatic rings. The van der Waals surface area contributed by atoms with Gasteiger partial charge in [0.1, 0.15) is 0 Å². The van der Waals surface area contributed by atoms with E-state index in [1.807, 2.05) is 60.7 Å². The number of fused-ring (bicyclic) bond motifs is 10. The molecule has 5 heteroatoms. The summed E-state index contributed by atoms with van der Waals surface area (Å²) in [4.78, 5) is 17.6. The van der Waals surface area contributed by atoms with Crippen molar-refractivity contribution in [3.63, 3.8) is 0 Å². The molecule has 1 aromatic heterocycles. The Hall–Kier alpha value is -6.57. The van der Waals surface area contributed by atoms with Gasteiger partial charge in [-0.2, -0.15) is 0 Å². The van der Waals surface area contributed by atoms with E-state index in [0.717, 1.165) is 39.3 Å². The Morgan fingerprint density at radius 3 is 1.19 bits per heavy atom. The molecule has 0 fully saturated rings. The maximum atomic E-state index is 5.11. The van der Waals surface area contributed by atoms with Gasteiger partial charge >= 0.3 is 51.4 Å². The molecule has 12 rings (SSSR count). The Morgan fingerprint density at radius 2 is 0.667 bits per heavy atom. The molecule has 9 aromatic carbocycles. The predicted octanol–water partition coefficient (Wildman–Crippen LogP) is 11.5. The van der Waals surface area contributed by atoms with E-state index >= 15 is 0 Å². The molecule has 63 heavy (non-hydrogen) atoms. The van der Waals surface area contributed by atoms with Crippen LogP contribution in [0.3, 0.4) is 0 Å². The number of hydrogen-bond acceptors (Lipinski definition) is 4. The summed E-state index contributed by atoms with van der Waals surface area (Å²) in [6.07, 6.45) is 0. The molecule has 0 saturated heterocycles. The normalized spacial score (nSPS) is 12.4. The van der Waals surface area contributed by atoms with Crippen molar-refractivity contribution in [1.82, 2.24) is 15.0 Å². The van der Waals surface area contributed by atoms with E-state index in [1.165, 1.54) is 50.1 Å². The van der Waals surface area contributed by atoms with Crippen LogP contribution in [-0.4, -0.2) is 15.0 Å². The van der Waals surface area contributed by atoms with E-state index in [1.54, 1.807) is 0 Å². The number of aromatic nitrogens is 3. The molecule has 292 valence electrons. The SMILES string of the molecule is [H-].[K+].c1ccc(-c2ccc(N(c3cccc(-c4nc(-c5ccccc5)nc(-c5ccccc5)n4)c3)c3ccc4c(c3)C3(c5ccccc5-c5ccccc53)c3ccccc3-4)cc2)cc1. The summed E-state index contributed by atoms with van der Waals surface area (Å²) in [6.45, 7) is 0. The van der Waals surface area contributed by atoms with Crippen LogP contribution in [0, 0.1) is 0 Å². The van der Waals surface area contributed by atoms with Crippen molar-refractivity contribution >= 4 is 17.1 Å². The van der Waals surface area contributed by atoms with E-state index in [-0.39, 0.29) is 52.8 Å². The zero-order chi connectivity index (χ0) is 41.0. The topological polar surface area (TPSA) is 41.9 Å². The summed E-state index contributed by atoms with van der Waals surface area (Å²) in [5.41, 5.74) is 18.1. The fraction of sp³-hybridized carbons (Fsp3) is 0.0172. The average molecular weight is 831 g/mol. The van der Waals surface area contributed by atoms with Gasteiger partial charge < -0.3 is 6.33 Å². The first kappa shape index (κ1) is 39.3. The minimum Gasteiger partial charge on any atom is -1.00 e. The Morgan fingerprint density at radius 1 is 0.286 bits per heavy atom. The number of hydrogen-bond donors (Lipinski definition) is 0. The van der Waals surface area contributed by atoms with Crippen LogP contribution in [0.2, 0.25) is 0 Å². The zero-order valence-corrected chi connectivity index (χ0v) is 37.9. The standard InChI is InChI=1S/C58H38N4.K.H/c1-4-17-39(18-5-1)40-31-33-44(34-32-40)62(45-24-16-23-43(37-45)57-60-55(41-19-6-2-7-20-41)59-56(61-57)42-21-8-3-9-22-42)46-35-36-50-49-27-12-15-30-53(49)58(54(50)38-46)51-28-13-10-25-47(51)48-26-11-14-29-52(48)58;;/h1-38H;;/q;+1;-1. The largest absolute Gasteiger partial charge is 1.00 e. The fourth-order valence-electron chi connectivity index (χ4n) is 9.82. The minimum atomic E-state index is -0.466. The van der Waals surface area contributed by atoms with Gasteiger partial charge in [0.25, 0.3) is 0 Å². The van der Waals surface area contributed by atoms with Gasteiger partial charge in [-0.1, -0.05) is 194 Å². The van der Waals surface area contributed by atoms with Crippen LogP contribution < -0.4 is 56.3 Å². The first-order chi connectivity index (χ1) is 30.7. The Bertz CT molecular complexity index is 3180. The van der Waals surface area contributed by atoms with Gasteiger partial charge in [-0.3, -0.25) is 0 Å². The first-order valence-electron chi connectivity index (χ1n) is 21.1. The molecule has 0 unspecified atom stereocenters. The fourth-order valence-corrected chi connectivity index (χ4v) is 9.82. The molecule has 1 spiro atoms. The Kier molecular flexibility index (Phi) is 10.2. The molecule has 2 aliphatic rings. The van der Waals surface area contributed by atoms with Gasteiger partial charge in [0.05, 0.1) is 5.41 Å². The molecule has 0 N–H and O–H groups in total. The molecule has 2 aliphatic carbocycles. The van der Waals surface area contributed by atoms with Crippen molar-refractivity contribution in [3.8, 4) is 67.5 Å². The number of anilines is 3. The summed E-state index contributed by atoms with van der Waals surface area (Å²) in [5, 5.41) is 0. The van der Waals surface area contributed by atoms with E-state index in [9.17, 15) is 0 Å². The van der Waals surface area contributed by atoms with Crippen LogP contribution >= 0.6 is 0 Å². The summed E-state index contributed by atoms with van der Waals surface area (Å²) < 4.78 is 0. The third-order valence-corrected chi connectivity index (χ3v) is 12.5. The molecule has 0 atom stereocenters. The molecular weight excluding hydrogens is 792 g/mol. The van der Waals surface area contributed by atoms with E-state index in [0.29, 0.717) is 17.5 Å². The van der Waals surface area contributed by atoms with Crippen molar-refractivity contribution in [3.05, 3.63) is 253 Å². The number of rotatable bonds is 7. The van der Waals surface area contributed by atoms with E-state index in [4.69, 9.17) is 15.0 Å². The van der Waals surface area contributed by atoms with Gasteiger partial charge in [-0.15, -0.1) is 0 Å². The molecule has 0 radical (unpaired) electrons. The van der Waals surface area contributed by atoms with Crippen LogP contribution in [0.4, 0.5) is 17.1 Å². The van der Waals surface area contributed by atoms with Gasteiger partial charge in [0.2, 0.25) is 0 Å². The summed E-state index contributed by atoms with van der Waals surface area (Å²) >= 11 is 0. The van der Waals surface area contributed by atoms with Gasteiger partial charge in [-0.25, -0.2) is 15.0 Å². The zero-order valence-electron chi connectivity index (χ0n) is 35.7. The molecule has 1 heterocycles. The predicted molar refractivity (Wildman–Crippen MR) is 254 cm³/mol. The Balaban J connectivity index is 0.00000242. The van der Waals surface area contributed by atoms with Crippen LogP contribution in [0.5, 0.6) is 0 Å². The maximum Gasteiger partial charge on any atom is 1.00 e. The summed E-state index contributed by atoms with van der Waals surface area (Å²) in [5.74, 6) is 1.88. The maximum absolute atomic E-state index is 5.11. The molecule has 0 aliphatic heterocycles. The van der Waals surface area contributed by atoms with Crippen LogP contribution in [0.25, 0.3) is 67.5 Å². The van der Waals surface area contributed by atoms with Crippen molar-refractivity contribution in [2.75, 3.05) is 4.90 Å². The van der Waals surface area contributed by atoms with Crippen molar-refractivity contribution < 1.29 is 52.8 Å². The third kappa shape index (κ3) is 6.55. The molecule has 0 bridgehead atoms. The van der Waals surface area contributed by atoms with Crippen molar-refractivity contribution in [2.24, 2.45) is 0 Å². The van der Waals surface area contributed by atoms with Crippen molar-refractivity contribution in [1.29, 1.82) is 0 Å². The van der Waals surface area contributed by atoms with Gasteiger partial charge in [0, 0.05) is 33.8 Å². The molecular formula is C58H39KN4. The van der Waals surface area contributed by atoms with Crippen molar-refractivity contribution in [2.45, 2.75) is 5.41 Å². The minimum absolute atomic E-state index is 0. The van der Waals surface area contributed by atoms with Gasteiger partial charge in [-0.05, 0) is 92.0 Å². The van der Waals surface area contributed by atoms with Crippen LogP contribution in [-0.2, 0) is 5.41 Å². The van der Waals surface area contributed by atoms with Crippen LogP contribution in [0.15, 0.2) is 231 Å². The second kappa shape index (κ2) is 16.3. The van der Waals surface area contributed by atoms with Gasteiger partial charge in [0.15, 0.2) is 17.5 Å². The quantitative estimate of drug-likeness (QED) is 0.150. The number of benzene rings is 9. The second-order valence-corrected chi connectivity index (χ2v) is 16.0. The molecule has 4 nitrogen and oxygen atoms in total. The average Bonchev–Trinajstić information content (AvgIpc) is 3.82. The number of nitrogens with zero attached hydrogens (tertiary/aromatic N) is 4. The smallest absolute Gasteiger partial charge is 1.00 e. The van der Waals surface area contributed by atoms with E-state index in [2.05, 4.69) is 175 Å². The monoisotopic (exact) mass is 830 g/mol. The molecule has 0 amide bonds. The summed E-state index contributed by atoms with van der Waals surface area (Å²) in [6, 6.07) is 82.3. The Labute approximate surface area is 411 Å². The van der Waals surface area contributed by atoms with Crippen LogP contribution in [0.1, 0.15) is 23.7 Å². The summed E-state index contributed by atoms with van der Waals surface area (Å²) in [7, 11) is 0. The first-order valence-corrected chi connectivity index (χ1v) is 21.1. The third-order valence-electron chi connectivity index (χ3n) is 12.5. The van der Waals surface area contributed by atoms with E-state index < -0.39 is 5.41 Å². The second-order valence-electron chi connectivity index (χ2n) is 16.0.